The van der Waals surface area contributed by atoms with Crippen LogP contribution in [-0.4, -0.2) is 23.3 Å². The lowest BCUT2D eigenvalue weighted by molar-refractivity contribution is 0.0951. The molecule has 5 heteroatoms. The van der Waals surface area contributed by atoms with Crippen molar-refractivity contribution >= 4 is 17.5 Å². The van der Waals surface area contributed by atoms with Gasteiger partial charge in [0.25, 0.3) is 5.91 Å². The van der Waals surface area contributed by atoms with E-state index in [4.69, 9.17) is 11.6 Å². The van der Waals surface area contributed by atoms with Gasteiger partial charge in [-0.1, -0.05) is 0 Å². The zero-order chi connectivity index (χ0) is 12.0. The van der Waals surface area contributed by atoms with Crippen molar-refractivity contribution in [3.63, 3.8) is 0 Å². The molecule has 0 aliphatic heterocycles. The Labute approximate surface area is 99.0 Å². The van der Waals surface area contributed by atoms with Crippen molar-refractivity contribution in [2.75, 3.05) is 12.4 Å². The van der Waals surface area contributed by atoms with Crippen LogP contribution in [0.1, 0.15) is 28.9 Å². The second-order valence-corrected chi connectivity index (χ2v) is 3.92. The van der Waals surface area contributed by atoms with Gasteiger partial charge in [0.05, 0.1) is 0 Å². The molecular formula is C11H15ClN2O2. The highest BCUT2D eigenvalue weighted by Crippen LogP contribution is 1.94. The Balaban J connectivity index is 2.56. The topological polar surface area (TPSA) is 62.0 Å². The van der Waals surface area contributed by atoms with E-state index >= 15 is 0 Å². The molecule has 0 spiro atoms. The minimum Gasteiger partial charge on any atom is -0.364 e. The molecule has 0 saturated carbocycles. The average Bonchev–Trinajstić information content (AvgIpc) is 2.24. The number of pyridine rings is 1. The Morgan fingerprint density at radius 2 is 2.25 bits per heavy atom. The van der Waals surface area contributed by atoms with Crippen molar-refractivity contribution in [1.29, 1.82) is 0 Å². The van der Waals surface area contributed by atoms with E-state index in [-0.39, 0.29) is 16.9 Å². The van der Waals surface area contributed by atoms with Gasteiger partial charge < -0.3 is 10.3 Å². The Kier molecular flexibility index (Phi) is 5.05. The SMILES string of the molecule is Cc1cc(=O)c(C(=O)NCCCCCl)c[nH]1. The molecular weight excluding hydrogens is 228 g/mol. The predicted molar refractivity (Wildman–Crippen MR) is 64.1 cm³/mol. The Hall–Kier alpha value is -1.29. The van der Waals surface area contributed by atoms with Crippen LogP contribution in [0, 0.1) is 6.92 Å². The molecule has 4 nitrogen and oxygen atoms in total. The normalized spacial score (nSPS) is 10.1. The summed E-state index contributed by atoms with van der Waals surface area (Å²) in [7, 11) is 0. The van der Waals surface area contributed by atoms with Gasteiger partial charge in [0.15, 0.2) is 5.43 Å². The number of halogens is 1. The number of unbranched alkanes of at least 4 members (excludes halogenated alkanes) is 1. The summed E-state index contributed by atoms with van der Waals surface area (Å²) in [5.41, 5.74) is 0.631. The number of hydrogen-bond donors (Lipinski definition) is 2. The first kappa shape index (κ1) is 12.8. The van der Waals surface area contributed by atoms with E-state index < -0.39 is 0 Å². The summed E-state index contributed by atoms with van der Waals surface area (Å²) in [6.07, 6.45) is 3.11. The number of H-pyrrole nitrogens is 1. The Morgan fingerprint density at radius 1 is 1.50 bits per heavy atom. The molecule has 1 amide bonds. The van der Waals surface area contributed by atoms with E-state index in [0.29, 0.717) is 12.4 Å². The summed E-state index contributed by atoms with van der Waals surface area (Å²) in [4.78, 5) is 25.9. The smallest absolute Gasteiger partial charge is 0.256 e. The van der Waals surface area contributed by atoms with Crippen LogP contribution in [-0.2, 0) is 0 Å². The molecule has 0 atom stereocenters. The molecule has 0 saturated heterocycles. The summed E-state index contributed by atoms with van der Waals surface area (Å²) >= 11 is 5.51. The fraction of sp³-hybridized carbons (Fsp3) is 0.455. The quantitative estimate of drug-likeness (QED) is 0.606. The van der Waals surface area contributed by atoms with E-state index in [0.717, 1.165) is 18.5 Å². The van der Waals surface area contributed by atoms with Gasteiger partial charge in [-0.3, -0.25) is 9.59 Å². The van der Waals surface area contributed by atoms with Crippen molar-refractivity contribution in [1.82, 2.24) is 10.3 Å². The highest BCUT2D eigenvalue weighted by atomic mass is 35.5. The molecule has 0 unspecified atom stereocenters. The maximum absolute atomic E-state index is 11.6. The lowest BCUT2D eigenvalue weighted by Crippen LogP contribution is -2.29. The number of amides is 1. The molecule has 0 fully saturated rings. The molecule has 2 N–H and O–H groups in total. The minimum atomic E-state index is -0.337. The first-order valence-electron chi connectivity index (χ1n) is 5.18. The van der Waals surface area contributed by atoms with Gasteiger partial charge in [-0.2, -0.15) is 0 Å². The molecule has 1 aromatic heterocycles. The average molecular weight is 243 g/mol. The van der Waals surface area contributed by atoms with Gasteiger partial charge in [-0.25, -0.2) is 0 Å². The van der Waals surface area contributed by atoms with Crippen LogP contribution in [0.3, 0.4) is 0 Å². The van der Waals surface area contributed by atoms with Crippen molar-refractivity contribution < 1.29 is 4.79 Å². The number of nitrogens with one attached hydrogen (secondary N) is 2. The Morgan fingerprint density at radius 3 is 2.88 bits per heavy atom. The monoisotopic (exact) mass is 242 g/mol. The van der Waals surface area contributed by atoms with Gasteiger partial charge in [0, 0.05) is 30.4 Å². The van der Waals surface area contributed by atoms with Crippen LogP contribution in [0.2, 0.25) is 0 Å². The van der Waals surface area contributed by atoms with Crippen LogP contribution in [0.4, 0.5) is 0 Å². The molecule has 0 aliphatic carbocycles. The third-order valence-electron chi connectivity index (χ3n) is 2.15. The van der Waals surface area contributed by atoms with Crippen LogP contribution in [0.15, 0.2) is 17.1 Å². The van der Waals surface area contributed by atoms with Gasteiger partial charge in [-0.05, 0) is 19.8 Å². The number of aromatic nitrogens is 1. The summed E-state index contributed by atoms with van der Waals surface area (Å²) < 4.78 is 0. The van der Waals surface area contributed by atoms with Crippen LogP contribution in [0.25, 0.3) is 0 Å². The lowest BCUT2D eigenvalue weighted by atomic mass is 10.2. The molecule has 0 aromatic carbocycles. The number of aromatic amines is 1. The first-order chi connectivity index (χ1) is 7.65. The summed E-state index contributed by atoms with van der Waals surface area (Å²) in [5.74, 6) is 0.247. The molecule has 16 heavy (non-hydrogen) atoms. The van der Waals surface area contributed by atoms with Crippen molar-refractivity contribution in [2.45, 2.75) is 19.8 Å². The highest BCUT2D eigenvalue weighted by Gasteiger charge is 2.08. The van der Waals surface area contributed by atoms with E-state index in [1.165, 1.54) is 12.3 Å². The standard InChI is InChI=1S/C11H15ClN2O2/c1-8-6-10(15)9(7-14-8)11(16)13-5-3-2-4-12/h6-7H,2-5H2,1H3,(H,13,16)(H,14,15). The fourth-order valence-electron chi connectivity index (χ4n) is 1.27. The highest BCUT2D eigenvalue weighted by molar-refractivity contribution is 6.17. The van der Waals surface area contributed by atoms with Crippen molar-refractivity contribution in [3.8, 4) is 0 Å². The van der Waals surface area contributed by atoms with Crippen LogP contribution < -0.4 is 10.7 Å². The number of carbonyl (C=O) groups is 1. The van der Waals surface area contributed by atoms with E-state index in [2.05, 4.69) is 10.3 Å². The molecule has 1 rings (SSSR count). The molecule has 0 radical (unpaired) electrons. The predicted octanol–water partition coefficient (Wildman–Crippen LogP) is 1.43. The van der Waals surface area contributed by atoms with E-state index in [9.17, 15) is 9.59 Å². The van der Waals surface area contributed by atoms with Crippen LogP contribution in [0.5, 0.6) is 0 Å². The van der Waals surface area contributed by atoms with Crippen molar-refractivity contribution in [3.05, 3.63) is 33.7 Å². The third kappa shape index (κ3) is 3.70. The Bertz CT molecular complexity index is 415. The second-order valence-electron chi connectivity index (χ2n) is 3.55. The van der Waals surface area contributed by atoms with Crippen LogP contribution >= 0.6 is 11.6 Å². The maximum Gasteiger partial charge on any atom is 0.256 e. The molecule has 0 aliphatic rings. The molecule has 1 heterocycles. The number of carbonyl (C=O) groups excluding carboxylic acids is 1. The lowest BCUT2D eigenvalue weighted by Gasteiger charge is -2.03. The van der Waals surface area contributed by atoms with E-state index in [1.807, 2.05) is 0 Å². The summed E-state index contributed by atoms with van der Waals surface area (Å²) in [6.45, 7) is 2.31. The number of alkyl halides is 1. The summed E-state index contributed by atoms with van der Waals surface area (Å²) in [6, 6.07) is 1.41. The second kappa shape index (κ2) is 6.33. The molecule has 1 aromatic rings. The number of aryl methyl sites for hydroxylation is 1. The van der Waals surface area contributed by atoms with E-state index in [1.54, 1.807) is 6.92 Å². The maximum atomic E-state index is 11.6. The number of rotatable bonds is 5. The fourth-order valence-corrected chi connectivity index (χ4v) is 1.46. The third-order valence-corrected chi connectivity index (χ3v) is 2.42. The molecule has 0 bridgehead atoms. The minimum absolute atomic E-state index is 0.150. The first-order valence-corrected chi connectivity index (χ1v) is 5.72. The van der Waals surface area contributed by atoms with Crippen molar-refractivity contribution in [2.24, 2.45) is 0 Å². The number of hydrogen-bond acceptors (Lipinski definition) is 2. The van der Waals surface area contributed by atoms with Gasteiger partial charge in [0.1, 0.15) is 5.56 Å². The summed E-state index contributed by atoms with van der Waals surface area (Å²) in [5, 5.41) is 2.68. The van der Waals surface area contributed by atoms with Gasteiger partial charge >= 0.3 is 0 Å². The zero-order valence-electron chi connectivity index (χ0n) is 9.18. The largest absolute Gasteiger partial charge is 0.364 e. The van der Waals surface area contributed by atoms with Gasteiger partial charge in [0.2, 0.25) is 0 Å². The molecule has 88 valence electrons. The van der Waals surface area contributed by atoms with Gasteiger partial charge in [-0.15, -0.1) is 11.6 Å². The zero-order valence-corrected chi connectivity index (χ0v) is 9.93.